The Kier molecular flexibility index (Phi) is 9.56. The second kappa shape index (κ2) is 12.6. The van der Waals surface area contributed by atoms with E-state index in [4.69, 9.17) is 5.73 Å². The van der Waals surface area contributed by atoms with Crippen LogP contribution in [0.25, 0.3) is 0 Å². The Balaban J connectivity index is 1.94. The fourth-order valence-corrected chi connectivity index (χ4v) is 3.95. The number of nitrogens with two attached hydrogens (primary N) is 1. The average molecular weight is 544 g/mol. The number of hydrogen-bond donors (Lipinski definition) is 2. The highest BCUT2D eigenvalue weighted by Gasteiger charge is 2.30. The molecule has 38 heavy (non-hydrogen) atoms. The van der Waals surface area contributed by atoms with Gasteiger partial charge in [0.1, 0.15) is 6.04 Å². The maximum absolute atomic E-state index is 13.1. The molecule has 2 atom stereocenters. The molecule has 0 saturated carbocycles. The molecule has 0 spiro atoms. The molecule has 0 unspecified atom stereocenters. The quantitative estimate of drug-likeness (QED) is 0.265. The van der Waals surface area contributed by atoms with Crippen LogP contribution >= 0.6 is 0 Å². The second-order valence-corrected chi connectivity index (χ2v) is 8.12. The van der Waals surface area contributed by atoms with E-state index < -0.39 is 54.3 Å². The molecule has 3 aromatic carbocycles. The number of primary amides is 1. The van der Waals surface area contributed by atoms with Crippen LogP contribution in [0.15, 0.2) is 72.8 Å². The van der Waals surface area contributed by atoms with E-state index in [0.717, 1.165) is 24.3 Å². The zero-order valence-electron chi connectivity index (χ0n) is 19.6. The van der Waals surface area contributed by atoms with Gasteiger partial charge in [0.15, 0.2) is 11.5 Å². The van der Waals surface area contributed by atoms with Crippen molar-refractivity contribution in [1.82, 2.24) is 5.32 Å². The summed E-state index contributed by atoms with van der Waals surface area (Å²) < 4.78 is 99.2. The van der Waals surface area contributed by atoms with E-state index in [1.807, 2.05) is 0 Å². The normalized spacial score (nSPS) is 13.4. The van der Waals surface area contributed by atoms with Gasteiger partial charge in [-0.1, -0.05) is 48.5 Å². The maximum atomic E-state index is 13.1. The molecule has 0 bridgehead atoms. The Labute approximate surface area is 213 Å². The molecule has 1 amide bonds. The molecule has 204 valence electrons. The molecule has 0 heterocycles. The summed E-state index contributed by atoms with van der Waals surface area (Å²) in [5.74, 6) is -2.67. The lowest BCUT2D eigenvalue weighted by Gasteiger charge is -2.23. The molecule has 3 N–H and O–H groups in total. The highest BCUT2D eigenvalue weighted by molar-refractivity contribution is 5.81. The Hall–Kier alpha value is -3.80. The van der Waals surface area contributed by atoms with Gasteiger partial charge in [-0.25, -0.2) is 0 Å². The molecule has 5 nitrogen and oxygen atoms in total. The number of carbonyl (C=O) groups excluding carboxylic acids is 1. The van der Waals surface area contributed by atoms with Gasteiger partial charge in [0.25, 0.3) is 0 Å². The van der Waals surface area contributed by atoms with E-state index >= 15 is 0 Å². The predicted molar refractivity (Wildman–Crippen MR) is 124 cm³/mol. The van der Waals surface area contributed by atoms with Crippen molar-refractivity contribution in [3.8, 4) is 11.5 Å². The number of ether oxygens (including phenoxy) is 2. The van der Waals surface area contributed by atoms with Crippen LogP contribution < -0.4 is 20.5 Å². The van der Waals surface area contributed by atoms with Crippen LogP contribution in [0.5, 0.6) is 11.5 Å². The summed E-state index contributed by atoms with van der Waals surface area (Å²) in [6, 6.07) is 15.3. The standard InChI is InChI=1S/C26H23F7N2O3/c27-24(28)37-20-11-8-17(14-21(20)38-25(29)30)19(15-6-9-18(10-7-15)26(31,32)33)12-13-35-22(23(34)36)16-4-2-1-3-5-16/h1-11,14,19,22,24-25,35H,12-13H2,(H2,34,36)/t19-,22+/m0/s1. The van der Waals surface area contributed by atoms with Crippen molar-refractivity contribution in [2.45, 2.75) is 37.8 Å². The molecule has 0 aliphatic rings. The van der Waals surface area contributed by atoms with Crippen molar-refractivity contribution in [2.75, 3.05) is 6.54 Å². The van der Waals surface area contributed by atoms with E-state index in [0.29, 0.717) is 11.1 Å². The smallest absolute Gasteiger partial charge is 0.416 e. The maximum Gasteiger partial charge on any atom is 0.416 e. The van der Waals surface area contributed by atoms with Gasteiger partial charge in [0.05, 0.1) is 5.56 Å². The van der Waals surface area contributed by atoms with Crippen LogP contribution in [-0.4, -0.2) is 25.7 Å². The number of benzene rings is 3. The van der Waals surface area contributed by atoms with E-state index in [1.54, 1.807) is 30.3 Å². The fraction of sp³-hybridized carbons (Fsp3) is 0.269. The number of amides is 1. The van der Waals surface area contributed by atoms with Crippen molar-refractivity contribution in [1.29, 1.82) is 0 Å². The van der Waals surface area contributed by atoms with E-state index in [9.17, 15) is 35.5 Å². The van der Waals surface area contributed by atoms with Crippen molar-refractivity contribution in [3.05, 3.63) is 95.1 Å². The SMILES string of the molecule is NC(=O)[C@H](NCC[C@@H](c1ccc(C(F)(F)F)cc1)c1ccc(OC(F)F)c(OC(F)F)c1)c1ccccc1. The zero-order valence-corrected chi connectivity index (χ0v) is 19.6. The molecule has 3 rings (SSSR count). The average Bonchev–Trinajstić information content (AvgIpc) is 2.84. The van der Waals surface area contributed by atoms with Crippen molar-refractivity contribution >= 4 is 5.91 Å². The molecule has 0 aliphatic heterocycles. The van der Waals surface area contributed by atoms with E-state index in [2.05, 4.69) is 14.8 Å². The fourth-order valence-electron chi connectivity index (χ4n) is 3.95. The van der Waals surface area contributed by atoms with E-state index in [1.165, 1.54) is 18.2 Å². The Morgan fingerprint density at radius 1 is 0.789 bits per heavy atom. The second-order valence-electron chi connectivity index (χ2n) is 8.12. The summed E-state index contributed by atoms with van der Waals surface area (Å²) in [6.45, 7) is -6.53. The third kappa shape index (κ3) is 7.85. The van der Waals surface area contributed by atoms with Crippen molar-refractivity contribution < 1.29 is 45.0 Å². The van der Waals surface area contributed by atoms with Crippen molar-refractivity contribution in [2.24, 2.45) is 5.73 Å². The lowest BCUT2D eigenvalue weighted by molar-refractivity contribution is -0.137. The minimum atomic E-state index is -4.58. The topological polar surface area (TPSA) is 73.6 Å². The van der Waals surface area contributed by atoms with Gasteiger partial charge in [-0.15, -0.1) is 0 Å². The zero-order chi connectivity index (χ0) is 27.9. The number of alkyl halides is 7. The van der Waals surface area contributed by atoms with Crippen LogP contribution in [0, 0.1) is 0 Å². The van der Waals surface area contributed by atoms with Gasteiger partial charge < -0.3 is 20.5 Å². The first-order valence-corrected chi connectivity index (χ1v) is 11.2. The van der Waals surface area contributed by atoms with Gasteiger partial charge in [-0.2, -0.15) is 30.7 Å². The summed E-state index contributed by atoms with van der Waals surface area (Å²) in [6.07, 6.45) is -4.42. The van der Waals surface area contributed by atoms with Gasteiger partial charge in [0, 0.05) is 5.92 Å². The number of carbonyl (C=O) groups is 1. The van der Waals surface area contributed by atoms with Crippen molar-refractivity contribution in [3.63, 3.8) is 0 Å². The monoisotopic (exact) mass is 544 g/mol. The lowest BCUT2D eigenvalue weighted by atomic mass is 9.87. The summed E-state index contributed by atoms with van der Waals surface area (Å²) in [5, 5.41) is 3.00. The number of rotatable bonds is 12. The molecule has 0 aliphatic carbocycles. The van der Waals surface area contributed by atoms with Gasteiger partial charge in [0.2, 0.25) is 5.91 Å². The molecule has 12 heteroatoms. The number of nitrogens with one attached hydrogen (secondary N) is 1. The summed E-state index contributed by atoms with van der Waals surface area (Å²) in [7, 11) is 0. The minimum Gasteiger partial charge on any atom is -0.431 e. The lowest BCUT2D eigenvalue weighted by Crippen LogP contribution is -2.34. The molecule has 0 radical (unpaired) electrons. The Bertz CT molecular complexity index is 1190. The molecular weight excluding hydrogens is 521 g/mol. The third-order valence-corrected chi connectivity index (χ3v) is 5.64. The number of hydrogen-bond acceptors (Lipinski definition) is 4. The predicted octanol–water partition coefficient (Wildman–Crippen LogP) is 6.25. The van der Waals surface area contributed by atoms with Crippen LogP contribution in [0.2, 0.25) is 0 Å². The van der Waals surface area contributed by atoms with E-state index in [-0.39, 0.29) is 18.5 Å². The molecule has 3 aromatic rings. The first-order chi connectivity index (χ1) is 18.0. The highest BCUT2D eigenvalue weighted by Crippen LogP contribution is 2.38. The molecule has 0 fully saturated rings. The van der Waals surface area contributed by atoms with Gasteiger partial charge >= 0.3 is 19.4 Å². The summed E-state index contributed by atoms with van der Waals surface area (Å²) >= 11 is 0. The first-order valence-electron chi connectivity index (χ1n) is 11.2. The van der Waals surface area contributed by atoms with Crippen LogP contribution in [-0.2, 0) is 11.0 Å². The summed E-state index contributed by atoms with van der Waals surface area (Å²) in [4.78, 5) is 12.0. The van der Waals surface area contributed by atoms with Gasteiger partial charge in [-0.3, -0.25) is 4.79 Å². The van der Waals surface area contributed by atoms with Crippen LogP contribution in [0.4, 0.5) is 30.7 Å². The molecule has 0 aromatic heterocycles. The largest absolute Gasteiger partial charge is 0.431 e. The van der Waals surface area contributed by atoms with Crippen LogP contribution in [0.1, 0.15) is 40.6 Å². The number of halogens is 7. The first kappa shape index (κ1) is 28.8. The molecular formula is C26H23F7N2O3. The Morgan fingerprint density at radius 3 is 1.92 bits per heavy atom. The third-order valence-electron chi connectivity index (χ3n) is 5.64. The van der Waals surface area contributed by atoms with Gasteiger partial charge in [-0.05, 0) is 53.9 Å². The Morgan fingerprint density at radius 2 is 1.37 bits per heavy atom. The highest BCUT2D eigenvalue weighted by atomic mass is 19.4. The van der Waals surface area contributed by atoms with Crippen LogP contribution in [0.3, 0.4) is 0 Å². The molecule has 0 saturated heterocycles. The minimum absolute atomic E-state index is 0.120. The summed E-state index contributed by atoms with van der Waals surface area (Å²) in [5.41, 5.74) is 5.87.